The lowest BCUT2D eigenvalue weighted by molar-refractivity contribution is -0.367. The summed E-state index contributed by atoms with van der Waals surface area (Å²) in [5, 5.41) is 0. The zero-order valence-electron chi connectivity index (χ0n) is 15.5. The predicted octanol–water partition coefficient (Wildman–Crippen LogP) is 1.77. The molecular weight excluding hydrogens is 350 g/mol. The van der Waals surface area contributed by atoms with Gasteiger partial charge in [0.05, 0.1) is 20.3 Å². The Labute approximate surface area is 155 Å². The van der Waals surface area contributed by atoms with Crippen LogP contribution >= 0.6 is 0 Å². The van der Waals surface area contributed by atoms with E-state index in [1.165, 1.54) is 21.0 Å². The number of H-pyrrole nitrogens is 1. The van der Waals surface area contributed by atoms with Crippen molar-refractivity contribution in [3.63, 3.8) is 0 Å². The van der Waals surface area contributed by atoms with E-state index < -0.39 is 10.0 Å². The number of rotatable bonds is 5. The summed E-state index contributed by atoms with van der Waals surface area (Å²) in [7, 11) is -1.48. The number of hydrogen-bond acceptors (Lipinski definition) is 4. The Hall–Kier alpha value is -1.96. The molecule has 1 aromatic heterocycles. The van der Waals surface area contributed by atoms with Crippen LogP contribution in [0.4, 0.5) is 5.82 Å². The second-order valence-electron chi connectivity index (χ2n) is 6.71. The Morgan fingerprint density at radius 3 is 2.50 bits per heavy atom. The van der Waals surface area contributed by atoms with E-state index in [2.05, 4.69) is 41.9 Å². The first-order valence-electron chi connectivity index (χ1n) is 8.75. The van der Waals surface area contributed by atoms with Gasteiger partial charge in [0, 0.05) is 19.2 Å². The zero-order chi connectivity index (χ0) is 18.7. The number of aromatic nitrogens is 1. The predicted molar refractivity (Wildman–Crippen MR) is 101 cm³/mol. The summed E-state index contributed by atoms with van der Waals surface area (Å²) in [6.45, 7) is 6.63. The van der Waals surface area contributed by atoms with Gasteiger partial charge in [-0.05, 0) is 31.0 Å². The molecule has 7 heteroatoms. The highest BCUT2D eigenvalue weighted by atomic mass is 32.2. The van der Waals surface area contributed by atoms with E-state index in [0.29, 0.717) is 26.3 Å². The second-order valence-corrected chi connectivity index (χ2v) is 8.65. The summed E-state index contributed by atoms with van der Waals surface area (Å²) in [5.74, 6) is 0.867. The van der Waals surface area contributed by atoms with Crippen molar-refractivity contribution in [2.24, 2.45) is 0 Å². The van der Waals surface area contributed by atoms with Gasteiger partial charge in [-0.15, -0.1) is 0 Å². The number of benzene rings is 1. The van der Waals surface area contributed by atoms with Crippen molar-refractivity contribution >= 4 is 15.8 Å². The van der Waals surface area contributed by atoms with Crippen molar-refractivity contribution in [2.75, 3.05) is 38.3 Å². The maximum Gasteiger partial charge on any atom is 0.274 e. The second kappa shape index (κ2) is 7.73. The van der Waals surface area contributed by atoms with Gasteiger partial charge in [0.25, 0.3) is 5.82 Å². The molecule has 1 aliphatic heterocycles. The molecule has 1 aromatic carbocycles. The molecule has 0 radical (unpaired) electrons. The fourth-order valence-electron chi connectivity index (χ4n) is 3.10. The summed E-state index contributed by atoms with van der Waals surface area (Å²) >= 11 is 0. The van der Waals surface area contributed by atoms with Crippen LogP contribution < -0.4 is 9.88 Å². The molecule has 6 nitrogen and oxygen atoms in total. The average molecular weight is 377 g/mol. The molecule has 1 fully saturated rings. The summed E-state index contributed by atoms with van der Waals surface area (Å²) < 4.78 is 32.1. The summed E-state index contributed by atoms with van der Waals surface area (Å²) in [4.78, 5) is 5.47. The maximum absolute atomic E-state index is 12.7. The van der Waals surface area contributed by atoms with Gasteiger partial charge in [-0.25, -0.2) is 13.4 Å². The molecule has 2 aromatic rings. The SMILES string of the molecule is Cc1ccc(CN(C)c2ccc(S(=O)(=O)N3CCOCC3)c[nH+]2)c(C)c1. The van der Waals surface area contributed by atoms with Gasteiger partial charge in [-0.1, -0.05) is 23.8 Å². The molecule has 0 aliphatic carbocycles. The molecule has 1 saturated heterocycles. The monoisotopic (exact) mass is 376 g/mol. The van der Waals surface area contributed by atoms with Gasteiger partial charge in [0.1, 0.15) is 17.6 Å². The standard InChI is InChI=1S/C19H25N3O3S/c1-15-4-5-17(16(2)12-15)14-21(3)19-7-6-18(13-20-19)26(23,24)22-8-10-25-11-9-22/h4-7,12-13H,8-11,14H2,1-3H3/p+1. The molecule has 140 valence electrons. The first kappa shape index (κ1) is 18.8. The third-order valence-electron chi connectivity index (χ3n) is 4.69. The normalized spacial score (nSPS) is 15.8. The molecule has 0 saturated carbocycles. The molecule has 26 heavy (non-hydrogen) atoms. The number of aromatic amines is 1. The molecule has 0 amide bonds. The zero-order valence-corrected chi connectivity index (χ0v) is 16.3. The highest BCUT2D eigenvalue weighted by molar-refractivity contribution is 7.89. The quantitative estimate of drug-likeness (QED) is 0.798. The van der Waals surface area contributed by atoms with Crippen molar-refractivity contribution in [1.82, 2.24) is 4.31 Å². The van der Waals surface area contributed by atoms with Crippen LogP contribution in [0.5, 0.6) is 0 Å². The number of nitrogens with one attached hydrogen (secondary N) is 1. The van der Waals surface area contributed by atoms with Crippen molar-refractivity contribution in [3.8, 4) is 0 Å². The topological polar surface area (TPSA) is 64.0 Å². The van der Waals surface area contributed by atoms with Crippen molar-refractivity contribution < 1.29 is 18.1 Å². The van der Waals surface area contributed by atoms with E-state index >= 15 is 0 Å². The Morgan fingerprint density at radius 2 is 1.88 bits per heavy atom. The summed E-state index contributed by atoms with van der Waals surface area (Å²) in [5.41, 5.74) is 3.75. The van der Waals surface area contributed by atoms with Crippen LogP contribution in [0.15, 0.2) is 41.4 Å². The minimum atomic E-state index is -3.47. The third-order valence-corrected chi connectivity index (χ3v) is 6.59. The number of nitrogens with zero attached hydrogens (tertiary/aromatic N) is 2. The number of anilines is 1. The van der Waals surface area contributed by atoms with Gasteiger partial charge >= 0.3 is 0 Å². The Kier molecular flexibility index (Phi) is 5.60. The molecule has 0 spiro atoms. The molecule has 2 heterocycles. The van der Waals surface area contributed by atoms with E-state index in [1.54, 1.807) is 12.3 Å². The highest BCUT2D eigenvalue weighted by Gasteiger charge is 2.27. The Morgan fingerprint density at radius 1 is 1.15 bits per heavy atom. The van der Waals surface area contributed by atoms with E-state index in [4.69, 9.17) is 4.74 Å². The minimum Gasteiger partial charge on any atom is -0.379 e. The minimum absolute atomic E-state index is 0.281. The first-order valence-corrected chi connectivity index (χ1v) is 10.2. The molecular formula is C19H26N3O3S+. The van der Waals surface area contributed by atoms with Crippen LogP contribution in [-0.2, 0) is 21.3 Å². The van der Waals surface area contributed by atoms with Gasteiger partial charge < -0.3 is 4.74 Å². The van der Waals surface area contributed by atoms with E-state index in [0.717, 1.165) is 12.4 Å². The maximum atomic E-state index is 12.7. The molecule has 0 unspecified atom stereocenters. The fraction of sp³-hybridized carbons (Fsp3) is 0.421. The molecule has 0 atom stereocenters. The summed E-state index contributed by atoms with van der Waals surface area (Å²) in [6.07, 6.45) is 1.57. The number of pyridine rings is 1. The molecule has 1 aliphatic rings. The van der Waals surface area contributed by atoms with Crippen LogP contribution in [0.2, 0.25) is 0 Å². The molecule has 3 rings (SSSR count). The molecule has 0 bridgehead atoms. The summed E-state index contributed by atoms with van der Waals surface area (Å²) in [6, 6.07) is 9.90. The van der Waals surface area contributed by atoms with Crippen LogP contribution in [0.1, 0.15) is 16.7 Å². The Bertz CT molecular complexity index is 860. The highest BCUT2D eigenvalue weighted by Crippen LogP contribution is 2.19. The van der Waals surface area contributed by atoms with E-state index in [1.807, 2.05) is 13.1 Å². The lowest BCUT2D eigenvalue weighted by Gasteiger charge is -2.25. The van der Waals surface area contributed by atoms with Crippen molar-refractivity contribution in [3.05, 3.63) is 53.2 Å². The number of ether oxygens (including phenoxy) is 1. The van der Waals surface area contributed by atoms with Gasteiger partial charge in [-0.3, -0.25) is 4.90 Å². The number of sulfonamides is 1. The smallest absolute Gasteiger partial charge is 0.274 e. The lowest BCUT2D eigenvalue weighted by atomic mass is 10.1. The van der Waals surface area contributed by atoms with Crippen LogP contribution in [0, 0.1) is 13.8 Å². The third kappa shape index (κ3) is 4.06. The largest absolute Gasteiger partial charge is 0.379 e. The fourth-order valence-corrected chi connectivity index (χ4v) is 4.48. The van der Waals surface area contributed by atoms with Crippen LogP contribution in [0.25, 0.3) is 0 Å². The van der Waals surface area contributed by atoms with Crippen molar-refractivity contribution in [1.29, 1.82) is 0 Å². The average Bonchev–Trinajstić information content (AvgIpc) is 2.65. The number of hydrogen-bond donors (Lipinski definition) is 0. The van der Waals surface area contributed by atoms with Gasteiger partial charge in [-0.2, -0.15) is 4.31 Å². The number of aryl methyl sites for hydroxylation is 2. The van der Waals surface area contributed by atoms with E-state index in [-0.39, 0.29) is 4.90 Å². The number of morpholine rings is 1. The van der Waals surface area contributed by atoms with Gasteiger partial charge in [0.15, 0.2) is 0 Å². The van der Waals surface area contributed by atoms with E-state index in [9.17, 15) is 8.42 Å². The van der Waals surface area contributed by atoms with Gasteiger partial charge in [0.2, 0.25) is 10.0 Å². The molecule has 1 N–H and O–H groups in total. The Balaban J connectivity index is 1.74. The lowest BCUT2D eigenvalue weighted by Crippen LogP contribution is -2.41. The van der Waals surface area contributed by atoms with Crippen LogP contribution in [0.3, 0.4) is 0 Å². The van der Waals surface area contributed by atoms with Crippen LogP contribution in [-0.4, -0.2) is 46.1 Å². The van der Waals surface area contributed by atoms with Crippen molar-refractivity contribution in [2.45, 2.75) is 25.3 Å². The first-order chi connectivity index (χ1) is 12.4.